The third-order valence-electron chi connectivity index (χ3n) is 7.21. The largest absolute Gasteiger partial charge is 0.256 e. The Morgan fingerprint density at radius 2 is 0.857 bits per heavy atom. The minimum atomic E-state index is 0.942. The highest BCUT2D eigenvalue weighted by Crippen LogP contribution is 2.28. The van der Waals surface area contributed by atoms with Crippen molar-refractivity contribution in [3.05, 3.63) is 168 Å². The van der Waals surface area contributed by atoms with Crippen molar-refractivity contribution in [2.24, 2.45) is 0 Å². The van der Waals surface area contributed by atoms with E-state index in [2.05, 4.69) is 106 Å². The van der Waals surface area contributed by atoms with E-state index >= 15 is 0 Å². The number of pyridine rings is 2. The number of nitrogens with zero attached hydrogens (tertiary/aromatic N) is 2. The summed E-state index contributed by atoms with van der Waals surface area (Å²) in [6, 6.07) is 45.4. The fraction of sp³-hybridized carbons (Fsp3) is 0. The SMILES string of the molecule is C(#Cc1cccc2cc3c(C#Cc4cccc(-c5ccccn5)c4)cccc3cc12)c1cccc(-c2ccccn2)c1. The predicted molar refractivity (Wildman–Crippen MR) is 173 cm³/mol. The van der Waals surface area contributed by atoms with Gasteiger partial charge in [0.05, 0.1) is 11.4 Å². The molecule has 0 amide bonds. The van der Waals surface area contributed by atoms with Crippen molar-refractivity contribution in [2.75, 3.05) is 0 Å². The molecule has 0 N–H and O–H groups in total. The molecular formula is C40H24N2. The molecule has 0 bridgehead atoms. The second-order valence-electron chi connectivity index (χ2n) is 10.00. The number of aromatic nitrogens is 2. The van der Waals surface area contributed by atoms with Gasteiger partial charge in [-0.15, -0.1) is 0 Å². The summed E-state index contributed by atoms with van der Waals surface area (Å²) in [5, 5.41) is 4.55. The van der Waals surface area contributed by atoms with Crippen LogP contribution in [-0.2, 0) is 0 Å². The molecule has 42 heavy (non-hydrogen) atoms. The molecule has 7 aromatic rings. The zero-order valence-corrected chi connectivity index (χ0v) is 22.8. The fourth-order valence-electron chi connectivity index (χ4n) is 5.13. The molecule has 0 atom stereocenters. The molecule has 7 rings (SSSR count). The first-order chi connectivity index (χ1) is 20.8. The first kappa shape index (κ1) is 25.0. The summed E-state index contributed by atoms with van der Waals surface area (Å²) in [4.78, 5) is 8.94. The summed E-state index contributed by atoms with van der Waals surface area (Å²) in [6.45, 7) is 0. The third kappa shape index (κ3) is 5.26. The van der Waals surface area contributed by atoms with Gasteiger partial charge in [-0.2, -0.15) is 0 Å². The van der Waals surface area contributed by atoms with Crippen LogP contribution < -0.4 is 0 Å². The van der Waals surface area contributed by atoms with Crippen molar-refractivity contribution < 1.29 is 0 Å². The second kappa shape index (κ2) is 11.3. The van der Waals surface area contributed by atoms with Crippen LogP contribution in [0.2, 0.25) is 0 Å². The van der Waals surface area contributed by atoms with Crippen LogP contribution in [-0.4, -0.2) is 9.97 Å². The minimum absolute atomic E-state index is 0.942. The van der Waals surface area contributed by atoms with E-state index < -0.39 is 0 Å². The molecule has 0 fully saturated rings. The van der Waals surface area contributed by atoms with Crippen LogP contribution in [0.15, 0.2) is 146 Å². The second-order valence-corrected chi connectivity index (χ2v) is 10.00. The van der Waals surface area contributed by atoms with Gasteiger partial charge in [-0.1, -0.05) is 84.3 Å². The van der Waals surface area contributed by atoms with Gasteiger partial charge in [0.25, 0.3) is 0 Å². The molecular weight excluding hydrogens is 508 g/mol. The Labute approximate surface area is 245 Å². The van der Waals surface area contributed by atoms with Crippen LogP contribution in [0.25, 0.3) is 44.1 Å². The number of benzene rings is 5. The van der Waals surface area contributed by atoms with E-state index in [9.17, 15) is 0 Å². The number of fused-ring (bicyclic) bond motifs is 2. The molecule has 0 aliphatic carbocycles. The molecule has 0 saturated heterocycles. The van der Waals surface area contributed by atoms with E-state index in [0.717, 1.165) is 66.3 Å². The molecule has 0 saturated carbocycles. The monoisotopic (exact) mass is 532 g/mol. The first-order valence-corrected chi connectivity index (χ1v) is 13.8. The van der Waals surface area contributed by atoms with E-state index in [1.165, 1.54) is 0 Å². The van der Waals surface area contributed by atoms with Gasteiger partial charge in [-0.3, -0.25) is 9.97 Å². The summed E-state index contributed by atoms with van der Waals surface area (Å²) in [5.41, 5.74) is 7.92. The van der Waals surface area contributed by atoms with Crippen molar-refractivity contribution in [2.45, 2.75) is 0 Å². The third-order valence-corrected chi connectivity index (χ3v) is 7.21. The average Bonchev–Trinajstić information content (AvgIpc) is 3.06. The van der Waals surface area contributed by atoms with Crippen molar-refractivity contribution in [3.8, 4) is 46.2 Å². The molecule has 0 spiro atoms. The minimum Gasteiger partial charge on any atom is -0.256 e. The summed E-state index contributed by atoms with van der Waals surface area (Å²) in [6.07, 6.45) is 3.62. The Morgan fingerprint density at radius 1 is 0.381 bits per heavy atom. The van der Waals surface area contributed by atoms with Gasteiger partial charge >= 0.3 is 0 Å². The van der Waals surface area contributed by atoms with Gasteiger partial charge in [0, 0.05) is 45.8 Å². The smallest absolute Gasteiger partial charge is 0.0702 e. The fourth-order valence-corrected chi connectivity index (χ4v) is 5.13. The Kier molecular flexibility index (Phi) is 6.71. The van der Waals surface area contributed by atoms with Gasteiger partial charge in [0.15, 0.2) is 0 Å². The Balaban J connectivity index is 1.23. The maximum Gasteiger partial charge on any atom is 0.0702 e. The lowest BCUT2D eigenvalue weighted by molar-refractivity contribution is 1.32. The zero-order valence-electron chi connectivity index (χ0n) is 22.8. The standard InChI is InChI=1S/C40H24N2/c1-3-23-41-39(17-1)35-15-5-9-29(25-35)19-21-31-11-7-13-33-28-38-32(12-8-14-34(38)27-37(31)33)22-20-30-10-6-16-36(26-30)40-18-2-4-24-42-40/h1-18,23-28H. The number of hydrogen-bond acceptors (Lipinski definition) is 2. The normalized spacial score (nSPS) is 10.5. The number of hydrogen-bond donors (Lipinski definition) is 0. The van der Waals surface area contributed by atoms with Gasteiger partial charge < -0.3 is 0 Å². The molecule has 5 aromatic carbocycles. The van der Waals surface area contributed by atoms with Crippen LogP contribution >= 0.6 is 0 Å². The van der Waals surface area contributed by atoms with Gasteiger partial charge in [0.1, 0.15) is 0 Å². The molecule has 0 aliphatic rings. The Morgan fingerprint density at radius 3 is 1.31 bits per heavy atom. The van der Waals surface area contributed by atoms with E-state index in [-0.39, 0.29) is 0 Å². The quantitative estimate of drug-likeness (QED) is 0.164. The van der Waals surface area contributed by atoms with Crippen LogP contribution in [0, 0.1) is 23.7 Å². The molecule has 2 aromatic heterocycles. The van der Waals surface area contributed by atoms with Crippen molar-refractivity contribution in [1.29, 1.82) is 0 Å². The summed E-state index contributed by atoms with van der Waals surface area (Å²) in [7, 11) is 0. The topological polar surface area (TPSA) is 25.8 Å². The summed E-state index contributed by atoms with van der Waals surface area (Å²) in [5.74, 6) is 13.6. The average molecular weight is 533 g/mol. The van der Waals surface area contributed by atoms with E-state index in [0.29, 0.717) is 0 Å². The van der Waals surface area contributed by atoms with Crippen LogP contribution in [0.3, 0.4) is 0 Å². The van der Waals surface area contributed by atoms with Crippen LogP contribution in [0.5, 0.6) is 0 Å². The van der Waals surface area contributed by atoms with Crippen LogP contribution in [0.4, 0.5) is 0 Å². The lowest BCUT2D eigenvalue weighted by atomic mass is 9.97. The molecule has 194 valence electrons. The number of rotatable bonds is 2. The molecule has 0 radical (unpaired) electrons. The van der Waals surface area contributed by atoms with Crippen molar-refractivity contribution in [1.82, 2.24) is 9.97 Å². The molecule has 0 aliphatic heterocycles. The Bertz CT molecular complexity index is 2030. The van der Waals surface area contributed by atoms with E-state index in [4.69, 9.17) is 0 Å². The lowest BCUT2D eigenvalue weighted by Crippen LogP contribution is -1.86. The van der Waals surface area contributed by atoms with Gasteiger partial charge in [-0.25, -0.2) is 0 Å². The molecule has 2 heterocycles. The van der Waals surface area contributed by atoms with Crippen molar-refractivity contribution in [3.63, 3.8) is 0 Å². The molecule has 0 unspecified atom stereocenters. The summed E-state index contributed by atoms with van der Waals surface area (Å²) >= 11 is 0. The highest BCUT2D eigenvalue weighted by atomic mass is 14.7. The predicted octanol–water partition coefficient (Wildman–Crippen LogP) is 8.92. The Hall–Kier alpha value is -5.96. The van der Waals surface area contributed by atoms with Gasteiger partial charge in [0.2, 0.25) is 0 Å². The molecule has 2 nitrogen and oxygen atoms in total. The highest BCUT2D eigenvalue weighted by molar-refractivity contribution is 6.02. The maximum atomic E-state index is 4.47. The van der Waals surface area contributed by atoms with E-state index in [1.807, 2.05) is 73.1 Å². The lowest BCUT2D eigenvalue weighted by Gasteiger charge is -2.06. The summed E-state index contributed by atoms with van der Waals surface area (Å²) < 4.78 is 0. The van der Waals surface area contributed by atoms with Crippen molar-refractivity contribution >= 4 is 21.5 Å². The maximum absolute atomic E-state index is 4.47. The van der Waals surface area contributed by atoms with Gasteiger partial charge in [-0.05, 0) is 94.3 Å². The zero-order chi connectivity index (χ0) is 28.1. The highest BCUT2D eigenvalue weighted by Gasteiger charge is 2.05. The molecule has 2 heteroatoms. The van der Waals surface area contributed by atoms with E-state index in [1.54, 1.807) is 0 Å². The van der Waals surface area contributed by atoms with Crippen LogP contribution in [0.1, 0.15) is 22.3 Å². The first-order valence-electron chi connectivity index (χ1n) is 13.8.